The molecule has 1 heterocycles. The minimum atomic E-state index is -0.932. The van der Waals surface area contributed by atoms with Gasteiger partial charge in [-0.1, -0.05) is 41.9 Å². The van der Waals surface area contributed by atoms with Crippen molar-refractivity contribution in [3.63, 3.8) is 0 Å². The maximum atomic E-state index is 12.8. The highest BCUT2D eigenvalue weighted by Gasteiger charge is 2.27. The van der Waals surface area contributed by atoms with Crippen molar-refractivity contribution in [2.45, 2.75) is 18.9 Å². The van der Waals surface area contributed by atoms with Crippen molar-refractivity contribution in [2.24, 2.45) is 0 Å². The second-order valence-corrected chi connectivity index (χ2v) is 7.27. The summed E-state index contributed by atoms with van der Waals surface area (Å²) in [5, 5.41) is 7.64. The van der Waals surface area contributed by atoms with E-state index in [0.29, 0.717) is 16.3 Å². The molecule has 1 saturated carbocycles. The Bertz CT molecular complexity index is 1090. The molecule has 0 saturated heterocycles. The van der Waals surface area contributed by atoms with E-state index >= 15 is 0 Å². The maximum absolute atomic E-state index is 12.8. The van der Waals surface area contributed by atoms with E-state index < -0.39 is 17.7 Å². The lowest BCUT2D eigenvalue weighted by molar-refractivity contribution is -0.139. The van der Waals surface area contributed by atoms with Gasteiger partial charge in [0.15, 0.2) is 0 Å². The lowest BCUT2D eigenvalue weighted by atomic mass is 10.1. The third-order valence-corrected chi connectivity index (χ3v) is 4.76. The zero-order valence-electron chi connectivity index (χ0n) is 15.8. The van der Waals surface area contributed by atoms with E-state index in [9.17, 15) is 14.4 Å². The summed E-state index contributed by atoms with van der Waals surface area (Å²) in [6.07, 6.45) is 3.27. The van der Waals surface area contributed by atoms with E-state index in [-0.39, 0.29) is 11.6 Å². The van der Waals surface area contributed by atoms with Crippen molar-refractivity contribution in [3.8, 4) is 16.9 Å². The summed E-state index contributed by atoms with van der Waals surface area (Å²) in [7, 11) is 0. The number of benzene rings is 2. The lowest BCUT2D eigenvalue weighted by Gasteiger charge is -2.07. The van der Waals surface area contributed by atoms with Crippen LogP contribution < -0.4 is 16.2 Å². The van der Waals surface area contributed by atoms with Crippen LogP contribution in [-0.2, 0) is 9.59 Å². The molecule has 4 rings (SSSR count). The predicted octanol–water partition coefficient (Wildman–Crippen LogP) is 2.23. The van der Waals surface area contributed by atoms with Gasteiger partial charge in [-0.3, -0.25) is 25.2 Å². The van der Waals surface area contributed by atoms with E-state index in [2.05, 4.69) is 21.3 Å². The summed E-state index contributed by atoms with van der Waals surface area (Å²) in [4.78, 5) is 36.4. The lowest BCUT2D eigenvalue weighted by Crippen LogP contribution is -2.49. The summed E-state index contributed by atoms with van der Waals surface area (Å²) in [5.74, 6) is -2.32. The van der Waals surface area contributed by atoms with Crippen LogP contribution in [0.5, 0.6) is 0 Å². The van der Waals surface area contributed by atoms with Crippen molar-refractivity contribution in [3.05, 3.63) is 71.4 Å². The molecule has 1 aliphatic carbocycles. The molecule has 30 heavy (non-hydrogen) atoms. The molecule has 1 fully saturated rings. The van der Waals surface area contributed by atoms with Crippen LogP contribution in [0.3, 0.4) is 0 Å². The minimum Gasteiger partial charge on any atom is -0.345 e. The second-order valence-electron chi connectivity index (χ2n) is 6.83. The molecule has 8 nitrogen and oxygen atoms in total. The molecule has 3 N–H and O–H groups in total. The van der Waals surface area contributed by atoms with Crippen molar-refractivity contribution < 1.29 is 14.4 Å². The number of hydrogen-bond acceptors (Lipinski definition) is 4. The highest BCUT2D eigenvalue weighted by atomic mass is 35.5. The van der Waals surface area contributed by atoms with Crippen LogP contribution in [0, 0.1) is 0 Å². The summed E-state index contributed by atoms with van der Waals surface area (Å²) in [6, 6.07) is 16.2. The quantitative estimate of drug-likeness (QED) is 0.442. The Kier molecular flexibility index (Phi) is 5.49. The Labute approximate surface area is 177 Å². The van der Waals surface area contributed by atoms with E-state index in [1.807, 2.05) is 30.3 Å². The van der Waals surface area contributed by atoms with Crippen LogP contribution in [0.2, 0.25) is 5.02 Å². The van der Waals surface area contributed by atoms with E-state index in [1.165, 1.54) is 0 Å². The van der Waals surface area contributed by atoms with Gasteiger partial charge in [0.1, 0.15) is 5.69 Å². The molecule has 9 heteroatoms. The zero-order valence-corrected chi connectivity index (χ0v) is 16.5. The smallest absolute Gasteiger partial charge is 0.327 e. The van der Waals surface area contributed by atoms with Crippen molar-refractivity contribution in [1.82, 2.24) is 25.9 Å². The molecule has 2 aromatic carbocycles. The summed E-state index contributed by atoms with van der Waals surface area (Å²) >= 11 is 5.97. The predicted molar refractivity (Wildman–Crippen MR) is 111 cm³/mol. The summed E-state index contributed by atoms with van der Waals surface area (Å²) < 4.78 is 1.57. The van der Waals surface area contributed by atoms with Gasteiger partial charge in [-0.25, -0.2) is 4.68 Å². The largest absolute Gasteiger partial charge is 0.345 e. The molecule has 0 radical (unpaired) electrons. The third kappa shape index (κ3) is 4.49. The number of carbonyl (C=O) groups is 3. The fourth-order valence-corrected chi connectivity index (χ4v) is 2.92. The number of nitrogens with one attached hydrogen (secondary N) is 3. The number of rotatable bonds is 4. The van der Waals surface area contributed by atoms with Gasteiger partial charge >= 0.3 is 11.8 Å². The van der Waals surface area contributed by atoms with E-state index in [4.69, 9.17) is 11.6 Å². The molecule has 0 unspecified atom stereocenters. The molecule has 3 aromatic rings. The first-order chi connectivity index (χ1) is 14.5. The minimum absolute atomic E-state index is 0.0413. The molecule has 3 amide bonds. The van der Waals surface area contributed by atoms with Gasteiger partial charge in [0.2, 0.25) is 0 Å². The Morgan fingerprint density at radius 1 is 0.933 bits per heavy atom. The van der Waals surface area contributed by atoms with Gasteiger partial charge in [0.25, 0.3) is 5.91 Å². The number of para-hydroxylation sites is 1. The van der Waals surface area contributed by atoms with Gasteiger partial charge in [0, 0.05) is 22.8 Å². The van der Waals surface area contributed by atoms with Gasteiger partial charge in [-0.15, -0.1) is 0 Å². The van der Waals surface area contributed by atoms with Crippen LogP contribution in [0.1, 0.15) is 23.2 Å². The van der Waals surface area contributed by atoms with Crippen molar-refractivity contribution in [2.75, 3.05) is 0 Å². The fraction of sp³-hybridized carbons (Fsp3) is 0.143. The Balaban J connectivity index is 1.57. The number of amides is 3. The fourth-order valence-electron chi connectivity index (χ4n) is 2.79. The first-order valence-corrected chi connectivity index (χ1v) is 9.71. The molecule has 0 aliphatic heterocycles. The van der Waals surface area contributed by atoms with Gasteiger partial charge in [-0.2, -0.15) is 5.10 Å². The summed E-state index contributed by atoms with van der Waals surface area (Å²) in [5.41, 5.74) is 6.50. The average molecular weight is 424 g/mol. The topological polar surface area (TPSA) is 105 Å². The highest BCUT2D eigenvalue weighted by Crippen LogP contribution is 2.25. The summed E-state index contributed by atoms with van der Waals surface area (Å²) in [6.45, 7) is 0. The molecule has 0 bridgehead atoms. The van der Waals surface area contributed by atoms with Crippen LogP contribution in [-0.4, -0.2) is 33.5 Å². The monoisotopic (exact) mass is 423 g/mol. The van der Waals surface area contributed by atoms with Crippen LogP contribution >= 0.6 is 11.6 Å². The normalized spacial score (nSPS) is 12.8. The molecule has 1 aromatic heterocycles. The average Bonchev–Trinajstić information content (AvgIpc) is 3.46. The number of hydrazine groups is 1. The Morgan fingerprint density at radius 3 is 2.30 bits per heavy atom. The standard InChI is InChI=1S/C21H18ClN5O3/c22-14-8-6-13(7-9-14)18-17(12-27(26-18)16-4-2-1-3-5-16)19(28)24-25-21(30)20(29)23-15-10-11-15/h1-9,12,15H,10-11H2,(H,23,29)(H,24,28)(H,25,30). The first-order valence-electron chi connectivity index (χ1n) is 9.33. The molecular weight excluding hydrogens is 406 g/mol. The number of carbonyl (C=O) groups excluding carboxylic acids is 3. The van der Waals surface area contributed by atoms with Crippen molar-refractivity contribution in [1.29, 1.82) is 0 Å². The van der Waals surface area contributed by atoms with Crippen LogP contribution in [0.4, 0.5) is 0 Å². The molecule has 1 aliphatic rings. The number of nitrogens with zero attached hydrogens (tertiary/aromatic N) is 2. The van der Waals surface area contributed by atoms with Gasteiger partial charge in [0.05, 0.1) is 11.3 Å². The number of halogens is 1. The zero-order chi connectivity index (χ0) is 21.1. The Morgan fingerprint density at radius 2 is 1.63 bits per heavy atom. The molecule has 0 spiro atoms. The Hall–Kier alpha value is -3.65. The molecule has 152 valence electrons. The van der Waals surface area contributed by atoms with Crippen LogP contribution in [0.15, 0.2) is 60.8 Å². The van der Waals surface area contributed by atoms with Gasteiger partial charge in [-0.05, 0) is 37.1 Å². The highest BCUT2D eigenvalue weighted by molar-refractivity contribution is 6.35. The van der Waals surface area contributed by atoms with E-state index in [0.717, 1.165) is 18.5 Å². The molecular formula is C21H18ClN5O3. The van der Waals surface area contributed by atoms with E-state index in [1.54, 1.807) is 35.1 Å². The second kappa shape index (κ2) is 8.38. The number of aromatic nitrogens is 2. The third-order valence-electron chi connectivity index (χ3n) is 4.51. The number of hydrogen-bond donors (Lipinski definition) is 3. The molecule has 0 atom stereocenters. The van der Waals surface area contributed by atoms with Crippen molar-refractivity contribution >= 4 is 29.3 Å². The maximum Gasteiger partial charge on any atom is 0.327 e. The SMILES string of the molecule is O=C(NNC(=O)c1cn(-c2ccccc2)nc1-c1ccc(Cl)cc1)C(=O)NC1CC1. The van der Waals surface area contributed by atoms with Crippen LogP contribution in [0.25, 0.3) is 16.9 Å². The first kappa shape index (κ1) is 19.7. The van der Waals surface area contributed by atoms with Gasteiger partial charge < -0.3 is 5.32 Å².